The van der Waals surface area contributed by atoms with Crippen molar-refractivity contribution in [1.29, 1.82) is 0 Å². The molecule has 0 saturated carbocycles. The van der Waals surface area contributed by atoms with Crippen molar-refractivity contribution in [3.63, 3.8) is 0 Å². The van der Waals surface area contributed by atoms with E-state index in [0.29, 0.717) is 16.5 Å². The van der Waals surface area contributed by atoms with Gasteiger partial charge in [-0.1, -0.05) is 25.1 Å². The molecule has 1 aliphatic heterocycles. The van der Waals surface area contributed by atoms with Crippen molar-refractivity contribution in [1.82, 2.24) is 5.32 Å². The Bertz CT molecular complexity index is 1070. The van der Waals surface area contributed by atoms with Gasteiger partial charge >= 0.3 is 5.97 Å². The number of ether oxygens (including phenoxy) is 1. The Kier molecular flexibility index (Phi) is 4.64. The van der Waals surface area contributed by atoms with E-state index in [4.69, 9.17) is 4.74 Å². The van der Waals surface area contributed by atoms with Gasteiger partial charge < -0.3 is 15.4 Å². The molecule has 29 heavy (non-hydrogen) atoms. The third kappa shape index (κ3) is 3.45. The molecule has 5 rings (SSSR count). The molecule has 2 atom stereocenters. The highest BCUT2D eigenvalue weighted by Crippen LogP contribution is 2.42. The fraction of sp³-hybridized carbons (Fsp3) is 0.273. The van der Waals surface area contributed by atoms with Gasteiger partial charge in [-0.2, -0.15) is 0 Å². The number of fused-ring (bicyclic) bond motifs is 3. The molecule has 0 fully saturated rings. The van der Waals surface area contributed by atoms with E-state index in [-0.39, 0.29) is 18.0 Å². The van der Waals surface area contributed by atoms with Gasteiger partial charge in [0.25, 0.3) is 5.91 Å². The van der Waals surface area contributed by atoms with E-state index in [1.54, 1.807) is 29.5 Å². The highest BCUT2D eigenvalue weighted by molar-refractivity contribution is 7.16. The molecular formula is C22H20N2O3S2. The minimum absolute atomic E-state index is 0.0102. The number of hydrogen-bond donors (Lipinski definition) is 2. The Labute approximate surface area is 176 Å². The average Bonchev–Trinajstić information content (AvgIpc) is 3.36. The molecular weight excluding hydrogens is 404 g/mol. The number of thiophene rings is 2. The summed E-state index contributed by atoms with van der Waals surface area (Å²) in [6.45, 7) is 2.27. The molecule has 1 amide bonds. The standard InChI is InChI=1S/C22H20N2O3S2/c1-12-4-9-15-17(11-12)29-21-18(15)20(25)23-19(24-21)13-5-7-14(8-6-13)27-22(26)16-3-2-10-28-16/h2-3,5-8,10,12,19,24H,4,9,11H2,1H3,(H,23,25)/t12-,19+/m0/s1. The van der Waals surface area contributed by atoms with Gasteiger partial charge in [0.15, 0.2) is 0 Å². The maximum Gasteiger partial charge on any atom is 0.353 e. The van der Waals surface area contributed by atoms with Crippen molar-refractivity contribution in [3.05, 3.63) is 68.2 Å². The minimum atomic E-state index is -0.361. The van der Waals surface area contributed by atoms with Crippen LogP contribution in [0.5, 0.6) is 5.75 Å². The van der Waals surface area contributed by atoms with Crippen molar-refractivity contribution in [2.24, 2.45) is 5.92 Å². The Morgan fingerprint density at radius 1 is 1.17 bits per heavy atom. The number of rotatable bonds is 3. The second kappa shape index (κ2) is 7.31. The third-order valence-electron chi connectivity index (χ3n) is 5.44. The van der Waals surface area contributed by atoms with E-state index in [9.17, 15) is 9.59 Å². The van der Waals surface area contributed by atoms with Gasteiger partial charge in [-0.3, -0.25) is 4.79 Å². The molecule has 0 bridgehead atoms. The number of amides is 1. The first kappa shape index (κ1) is 18.4. The number of esters is 1. The molecule has 0 unspecified atom stereocenters. The third-order valence-corrected chi connectivity index (χ3v) is 7.47. The first-order chi connectivity index (χ1) is 14.1. The van der Waals surface area contributed by atoms with Crippen LogP contribution >= 0.6 is 22.7 Å². The summed E-state index contributed by atoms with van der Waals surface area (Å²) in [5, 5.41) is 9.35. The van der Waals surface area contributed by atoms with Crippen molar-refractivity contribution in [3.8, 4) is 5.75 Å². The van der Waals surface area contributed by atoms with Crippen molar-refractivity contribution >= 4 is 39.6 Å². The first-order valence-electron chi connectivity index (χ1n) is 9.66. The quantitative estimate of drug-likeness (QED) is 0.458. The van der Waals surface area contributed by atoms with Crippen LogP contribution in [0, 0.1) is 5.92 Å². The predicted molar refractivity (Wildman–Crippen MR) is 115 cm³/mol. The summed E-state index contributed by atoms with van der Waals surface area (Å²) in [5.74, 6) is 0.783. The Morgan fingerprint density at radius 3 is 2.76 bits per heavy atom. The average molecular weight is 425 g/mol. The number of hydrogen-bond acceptors (Lipinski definition) is 6. The Morgan fingerprint density at radius 2 is 2.00 bits per heavy atom. The van der Waals surface area contributed by atoms with Crippen LogP contribution in [-0.4, -0.2) is 11.9 Å². The molecule has 5 nitrogen and oxygen atoms in total. The van der Waals surface area contributed by atoms with Crippen LogP contribution in [0.1, 0.15) is 55.5 Å². The molecule has 0 radical (unpaired) electrons. The molecule has 1 aromatic carbocycles. The second-order valence-electron chi connectivity index (χ2n) is 7.54. The van der Waals surface area contributed by atoms with E-state index >= 15 is 0 Å². The lowest BCUT2D eigenvalue weighted by molar-refractivity contribution is 0.0739. The van der Waals surface area contributed by atoms with E-state index in [1.807, 2.05) is 23.6 Å². The van der Waals surface area contributed by atoms with Crippen LogP contribution in [0.4, 0.5) is 5.00 Å². The summed E-state index contributed by atoms with van der Waals surface area (Å²) in [7, 11) is 0. The van der Waals surface area contributed by atoms with Gasteiger partial charge in [-0.15, -0.1) is 22.7 Å². The Hall–Kier alpha value is -2.64. The lowest BCUT2D eigenvalue weighted by atomic mass is 9.88. The molecule has 0 saturated heterocycles. The zero-order valence-corrected chi connectivity index (χ0v) is 17.5. The monoisotopic (exact) mass is 424 g/mol. The largest absolute Gasteiger partial charge is 0.422 e. The smallest absolute Gasteiger partial charge is 0.353 e. The molecule has 2 aromatic heterocycles. The molecule has 7 heteroatoms. The zero-order valence-electron chi connectivity index (χ0n) is 15.9. The Balaban J connectivity index is 1.33. The number of benzene rings is 1. The molecule has 0 spiro atoms. The number of anilines is 1. The van der Waals surface area contributed by atoms with Crippen LogP contribution in [-0.2, 0) is 12.8 Å². The minimum Gasteiger partial charge on any atom is -0.422 e. The lowest BCUT2D eigenvalue weighted by Gasteiger charge is -2.27. The van der Waals surface area contributed by atoms with Crippen molar-refractivity contribution < 1.29 is 14.3 Å². The number of nitrogens with one attached hydrogen (secondary N) is 2. The van der Waals surface area contributed by atoms with E-state index in [2.05, 4.69) is 17.6 Å². The van der Waals surface area contributed by atoms with Crippen molar-refractivity contribution in [2.45, 2.75) is 32.4 Å². The van der Waals surface area contributed by atoms with Gasteiger partial charge in [0.05, 0.1) is 5.56 Å². The van der Waals surface area contributed by atoms with Crippen LogP contribution in [0.2, 0.25) is 0 Å². The summed E-state index contributed by atoms with van der Waals surface area (Å²) in [6.07, 6.45) is 2.87. The highest BCUT2D eigenvalue weighted by atomic mass is 32.1. The zero-order chi connectivity index (χ0) is 20.0. The van der Waals surface area contributed by atoms with Crippen LogP contribution < -0.4 is 15.4 Å². The summed E-state index contributed by atoms with van der Waals surface area (Å²) < 4.78 is 5.41. The molecule has 2 aliphatic rings. The summed E-state index contributed by atoms with van der Waals surface area (Å²) >= 11 is 3.06. The van der Waals surface area contributed by atoms with E-state index in [0.717, 1.165) is 35.4 Å². The SMILES string of the molecule is C[C@H]1CCc2c(sc3c2C(=O)N[C@@H](c2ccc(OC(=O)c4cccs4)cc2)N3)C1. The lowest BCUT2D eigenvalue weighted by Crippen LogP contribution is -2.38. The molecule has 3 heterocycles. The van der Waals surface area contributed by atoms with E-state index in [1.165, 1.54) is 21.8 Å². The summed E-state index contributed by atoms with van der Waals surface area (Å²) in [5.41, 5.74) is 2.97. The highest BCUT2D eigenvalue weighted by Gasteiger charge is 2.33. The molecule has 148 valence electrons. The van der Waals surface area contributed by atoms with Gasteiger partial charge in [0.1, 0.15) is 21.8 Å². The summed E-state index contributed by atoms with van der Waals surface area (Å²) in [4.78, 5) is 26.8. The predicted octanol–water partition coefficient (Wildman–Crippen LogP) is 5.01. The van der Waals surface area contributed by atoms with Gasteiger partial charge in [-0.05, 0) is 59.9 Å². The van der Waals surface area contributed by atoms with Gasteiger partial charge in [-0.25, -0.2) is 4.79 Å². The first-order valence-corrected chi connectivity index (χ1v) is 11.4. The molecule has 3 aromatic rings. The van der Waals surface area contributed by atoms with Crippen LogP contribution in [0.25, 0.3) is 0 Å². The molecule has 2 N–H and O–H groups in total. The molecule has 1 aliphatic carbocycles. The van der Waals surface area contributed by atoms with Gasteiger partial charge in [0, 0.05) is 4.88 Å². The maximum atomic E-state index is 12.8. The van der Waals surface area contributed by atoms with E-state index < -0.39 is 0 Å². The number of carbonyl (C=O) groups excluding carboxylic acids is 2. The topological polar surface area (TPSA) is 67.4 Å². The second-order valence-corrected chi connectivity index (χ2v) is 9.60. The summed E-state index contributed by atoms with van der Waals surface area (Å²) in [6, 6.07) is 10.8. The fourth-order valence-electron chi connectivity index (χ4n) is 3.91. The van der Waals surface area contributed by atoms with Crippen LogP contribution in [0.15, 0.2) is 41.8 Å². The maximum absolute atomic E-state index is 12.8. The number of carbonyl (C=O) groups is 2. The van der Waals surface area contributed by atoms with Gasteiger partial charge in [0.2, 0.25) is 0 Å². The fourth-order valence-corrected chi connectivity index (χ4v) is 5.95. The van der Waals surface area contributed by atoms with Crippen molar-refractivity contribution in [2.75, 3.05) is 5.32 Å². The normalized spacial score (nSPS) is 20.2. The van der Waals surface area contributed by atoms with Crippen LogP contribution in [0.3, 0.4) is 0 Å².